The highest BCUT2D eigenvalue weighted by Gasteiger charge is 2.06. The van der Waals surface area contributed by atoms with E-state index >= 15 is 0 Å². The van der Waals surface area contributed by atoms with Crippen LogP contribution in [0.2, 0.25) is 0 Å². The molecule has 0 atom stereocenters. The van der Waals surface area contributed by atoms with E-state index in [1.165, 1.54) is 11.8 Å². The van der Waals surface area contributed by atoms with E-state index < -0.39 is 0 Å². The first-order chi connectivity index (χ1) is 7.72. The molecular formula is C10H17N3O2S. The maximum absolute atomic E-state index is 11.3. The number of carbonyl (C=O) groups excluding carboxylic acids is 1. The average Bonchev–Trinajstić information content (AvgIpc) is 2.68. The summed E-state index contributed by atoms with van der Waals surface area (Å²) in [5, 5.41) is 7.22. The molecular weight excluding hydrogens is 226 g/mol. The standard InChI is InChI=1S/C10H17N3O2S/c1-3-4-5-6-15-9(14)7-16-10-11-8(2)12-13-10/h3-7H2,1-2H3,(H,11,12,13). The van der Waals surface area contributed by atoms with Crippen LogP contribution in [0.1, 0.15) is 32.0 Å². The van der Waals surface area contributed by atoms with Crippen LogP contribution in [0.3, 0.4) is 0 Å². The van der Waals surface area contributed by atoms with E-state index in [0.29, 0.717) is 11.8 Å². The number of hydrogen-bond donors (Lipinski definition) is 1. The van der Waals surface area contributed by atoms with E-state index in [4.69, 9.17) is 4.74 Å². The number of hydrogen-bond acceptors (Lipinski definition) is 5. The highest BCUT2D eigenvalue weighted by molar-refractivity contribution is 7.99. The molecule has 1 aromatic rings. The molecule has 1 aromatic heterocycles. The SMILES string of the molecule is CCCCCOC(=O)CSc1n[nH]c(C)n1. The number of thioether (sulfide) groups is 1. The second-order valence-corrected chi connectivity index (χ2v) is 4.36. The molecule has 0 saturated heterocycles. The van der Waals surface area contributed by atoms with Crippen molar-refractivity contribution in [3.8, 4) is 0 Å². The highest BCUT2D eigenvalue weighted by Crippen LogP contribution is 2.11. The maximum atomic E-state index is 11.3. The van der Waals surface area contributed by atoms with Gasteiger partial charge in [0.1, 0.15) is 5.82 Å². The minimum Gasteiger partial charge on any atom is -0.465 e. The lowest BCUT2D eigenvalue weighted by Gasteiger charge is -2.02. The lowest BCUT2D eigenvalue weighted by molar-refractivity contribution is -0.140. The van der Waals surface area contributed by atoms with E-state index in [9.17, 15) is 4.79 Å². The zero-order valence-electron chi connectivity index (χ0n) is 9.65. The number of esters is 1. The Morgan fingerprint density at radius 1 is 1.50 bits per heavy atom. The predicted molar refractivity (Wildman–Crippen MR) is 62.3 cm³/mol. The summed E-state index contributed by atoms with van der Waals surface area (Å²) in [4.78, 5) is 15.4. The summed E-state index contributed by atoms with van der Waals surface area (Å²) in [6.07, 6.45) is 3.16. The Morgan fingerprint density at radius 3 is 2.94 bits per heavy atom. The van der Waals surface area contributed by atoms with Crippen LogP contribution in [0.25, 0.3) is 0 Å². The molecule has 1 rings (SSSR count). The molecule has 5 nitrogen and oxygen atoms in total. The molecule has 1 N–H and O–H groups in total. The van der Waals surface area contributed by atoms with Crippen LogP contribution in [0.15, 0.2) is 5.16 Å². The monoisotopic (exact) mass is 243 g/mol. The maximum Gasteiger partial charge on any atom is 0.316 e. The molecule has 16 heavy (non-hydrogen) atoms. The van der Waals surface area contributed by atoms with Crippen LogP contribution >= 0.6 is 11.8 Å². The van der Waals surface area contributed by atoms with Crippen molar-refractivity contribution in [3.63, 3.8) is 0 Å². The summed E-state index contributed by atoms with van der Waals surface area (Å²) in [6, 6.07) is 0. The quantitative estimate of drug-likeness (QED) is 0.450. The van der Waals surface area contributed by atoms with Crippen LogP contribution in [-0.2, 0) is 9.53 Å². The predicted octanol–water partition coefficient (Wildman–Crippen LogP) is 1.94. The topological polar surface area (TPSA) is 67.9 Å². The molecule has 0 spiro atoms. The van der Waals surface area contributed by atoms with Gasteiger partial charge in [0.05, 0.1) is 12.4 Å². The van der Waals surface area contributed by atoms with Crippen molar-refractivity contribution < 1.29 is 9.53 Å². The van der Waals surface area contributed by atoms with Crippen molar-refractivity contribution in [1.82, 2.24) is 15.2 Å². The second-order valence-electron chi connectivity index (χ2n) is 3.42. The number of unbranched alkanes of at least 4 members (excludes halogenated alkanes) is 2. The van der Waals surface area contributed by atoms with Gasteiger partial charge in [-0.05, 0) is 13.3 Å². The third-order valence-corrected chi connectivity index (χ3v) is 2.73. The molecule has 0 aromatic carbocycles. The first-order valence-electron chi connectivity index (χ1n) is 5.39. The number of H-pyrrole nitrogens is 1. The summed E-state index contributed by atoms with van der Waals surface area (Å²) in [5.41, 5.74) is 0. The van der Waals surface area contributed by atoms with Gasteiger partial charge in [0.2, 0.25) is 5.16 Å². The fourth-order valence-corrected chi connectivity index (χ4v) is 1.73. The molecule has 0 amide bonds. The third-order valence-electron chi connectivity index (χ3n) is 1.91. The second kappa shape index (κ2) is 7.27. The van der Waals surface area contributed by atoms with Crippen LogP contribution in [0.4, 0.5) is 0 Å². The zero-order valence-corrected chi connectivity index (χ0v) is 10.5. The number of aromatic amines is 1. The van der Waals surface area contributed by atoms with Gasteiger partial charge in [-0.15, -0.1) is 5.10 Å². The Hall–Kier alpha value is -1.04. The first-order valence-corrected chi connectivity index (χ1v) is 6.38. The Bertz CT molecular complexity index is 328. The van der Waals surface area contributed by atoms with E-state index in [1.807, 2.05) is 6.92 Å². The third kappa shape index (κ3) is 5.16. The number of nitrogens with zero attached hydrogens (tertiary/aromatic N) is 2. The molecule has 0 aliphatic heterocycles. The highest BCUT2D eigenvalue weighted by atomic mass is 32.2. The molecule has 0 saturated carbocycles. The van der Waals surface area contributed by atoms with Gasteiger partial charge in [-0.2, -0.15) is 0 Å². The number of rotatable bonds is 7. The molecule has 90 valence electrons. The summed E-state index contributed by atoms with van der Waals surface area (Å²) in [7, 11) is 0. The Labute approximate surface area is 99.4 Å². The molecule has 0 fully saturated rings. The van der Waals surface area contributed by atoms with Crippen LogP contribution in [0.5, 0.6) is 0 Å². The van der Waals surface area contributed by atoms with E-state index in [-0.39, 0.29) is 11.7 Å². The van der Waals surface area contributed by atoms with Crippen LogP contribution in [0, 0.1) is 6.92 Å². The minimum absolute atomic E-state index is 0.205. The Balaban J connectivity index is 2.10. The molecule has 6 heteroatoms. The van der Waals surface area contributed by atoms with Crippen molar-refractivity contribution in [2.45, 2.75) is 38.3 Å². The summed E-state index contributed by atoms with van der Waals surface area (Å²) >= 11 is 1.29. The van der Waals surface area contributed by atoms with E-state index in [0.717, 1.165) is 25.1 Å². The molecule has 0 unspecified atom stereocenters. The Kier molecular flexibility index (Phi) is 5.92. The summed E-state index contributed by atoms with van der Waals surface area (Å²) < 4.78 is 5.05. The normalized spacial score (nSPS) is 10.4. The van der Waals surface area contributed by atoms with Gasteiger partial charge < -0.3 is 4.74 Å². The molecule has 1 heterocycles. The van der Waals surface area contributed by atoms with Gasteiger partial charge in [0.15, 0.2) is 0 Å². The smallest absolute Gasteiger partial charge is 0.316 e. The van der Waals surface area contributed by atoms with Gasteiger partial charge in [0, 0.05) is 0 Å². The molecule has 0 aliphatic carbocycles. The van der Waals surface area contributed by atoms with Gasteiger partial charge in [0.25, 0.3) is 0 Å². The number of aryl methyl sites for hydroxylation is 1. The van der Waals surface area contributed by atoms with E-state index in [1.54, 1.807) is 0 Å². The largest absolute Gasteiger partial charge is 0.465 e. The number of ether oxygens (including phenoxy) is 1. The van der Waals surface area contributed by atoms with Gasteiger partial charge in [-0.1, -0.05) is 31.5 Å². The fraction of sp³-hybridized carbons (Fsp3) is 0.700. The molecule has 0 radical (unpaired) electrons. The lowest BCUT2D eigenvalue weighted by Crippen LogP contribution is -2.08. The van der Waals surface area contributed by atoms with Crippen molar-refractivity contribution in [2.75, 3.05) is 12.4 Å². The van der Waals surface area contributed by atoms with Crippen molar-refractivity contribution in [1.29, 1.82) is 0 Å². The van der Waals surface area contributed by atoms with Crippen molar-refractivity contribution in [3.05, 3.63) is 5.82 Å². The zero-order chi connectivity index (χ0) is 11.8. The first kappa shape index (κ1) is 13.0. The Morgan fingerprint density at radius 2 is 2.31 bits per heavy atom. The average molecular weight is 243 g/mol. The minimum atomic E-state index is -0.205. The van der Waals surface area contributed by atoms with Crippen LogP contribution in [-0.4, -0.2) is 33.5 Å². The number of nitrogens with one attached hydrogen (secondary N) is 1. The van der Waals surface area contributed by atoms with Crippen molar-refractivity contribution >= 4 is 17.7 Å². The van der Waals surface area contributed by atoms with Crippen LogP contribution < -0.4 is 0 Å². The van der Waals surface area contributed by atoms with Gasteiger partial charge in [-0.25, -0.2) is 4.98 Å². The van der Waals surface area contributed by atoms with Crippen molar-refractivity contribution in [2.24, 2.45) is 0 Å². The molecule has 0 bridgehead atoms. The lowest BCUT2D eigenvalue weighted by atomic mass is 10.3. The van der Waals surface area contributed by atoms with E-state index in [2.05, 4.69) is 22.1 Å². The van der Waals surface area contributed by atoms with Gasteiger partial charge >= 0.3 is 5.97 Å². The molecule has 0 aliphatic rings. The summed E-state index contributed by atoms with van der Waals surface area (Å²) in [6.45, 7) is 4.45. The number of carbonyl (C=O) groups is 1. The van der Waals surface area contributed by atoms with Gasteiger partial charge in [-0.3, -0.25) is 9.89 Å². The number of aromatic nitrogens is 3. The summed E-state index contributed by atoms with van der Waals surface area (Å²) in [5.74, 6) is 0.811. The fourth-order valence-electron chi connectivity index (χ4n) is 1.09.